The summed E-state index contributed by atoms with van der Waals surface area (Å²) in [6.45, 7) is 9.19. The topological polar surface area (TPSA) is 56.3 Å². The number of ether oxygens (including phenoxy) is 2. The van der Waals surface area contributed by atoms with Gasteiger partial charge in [-0.1, -0.05) is 13.8 Å². The number of aromatic nitrogens is 2. The molecule has 112 valence electrons. The number of nitrogens with zero attached hydrogens (tertiary/aromatic N) is 2. The van der Waals surface area contributed by atoms with Gasteiger partial charge in [-0.2, -0.15) is 0 Å². The van der Waals surface area contributed by atoms with Gasteiger partial charge < -0.3 is 14.8 Å². The van der Waals surface area contributed by atoms with Crippen LogP contribution in [0.5, 0.6) is 0 Å². The van der Waals surface area contributed by atoms with Crippen LogP contribution in [-0.4, -0.2) is 42.4 Å². The monoisotopic (exact) mass is 279 g/mol. The van der Waals surface area contributed by atoms with Gasteiger partial charge in [0.25, 0.3) is 0 Å². The Morgan fingerprint density at radius 2 is 2.30 bits per heavy atom. The summed E-state index contributed by atoms with van der Waals surface area (Å²) in [5.41, 5.74) is 0.992. The molecule has 1 N–H and O–H groups in total. The number of rotatable bonds is 7. The summed E-state index contributed by atoms with van der Waals surface area (Å²) in [5, 5.41) is 3.29. The zero-order valence-electron chi connectivity index (χ0n) is 12.7. The maximum absolute atomic E-state index is 5.62. The lowest BCUT2D eigenvalue weighted by Crippen LogP contribution is -2.18. The second-order valence-corrected chi connectivity index (χ2v) is 5.54. The zero-order chi connectivity index (χ0) is 14.4. The Balaban J connectivity index is 1.70. The molecule has 20 heavy (non-hydrogen) atoms. The minimum Gasteiger partial charge on any atom is -0.377 e. The second kappa shape index (κ2) is 7.55. The molecule has 0 bridgehead atoms. The van der Waals surface area contributed by atoms with Gasteiger partial charge in [0.1, 0.15) is 11.6 Å². The summed E-state index contributed by atoms with van der Waals surface area (Å²) in [7, 11) is 0. The van der Waals surface area contributed by atoms with Gasteiger partial charge in [0.15, 0.2) is 0 Å². The Bertz CT molecular complexity index is 418. The van der Waals surface area contributed by atoms with E-state index >= 15 is 0 Å². The van der Waals surface area contributed by atoms with Crippen LogP contribution in [0.3, 0.4) is 0 Å². The minimum atomic E-state index is 0.295. The Morgan fingerprint density at radius 1 is 1.45 bits per heavy atom. The van der Waals surface area contributed by atoms with Crippen molar-refractivity contribution in [3.63, 3.8) is 0 Å². The normalized spacial score (nSPS) is 18.7. The van der Waals surface area contributed by atoms with E-state index in [1.54, 1.807) is 0 Å². The van der Waals surface area contributed by atoms with Crippen LogP contribution in [-0.2, 0) is 9.47 Å². The highest BCUT2D eigenvalue weighted by Gasteiger charge is 2.14. The van der Waals surface area contributed by atoms with Gasteiger partial charge in [-0.15, -0.1) is 0 Å². The Labute approximate surface area is 121 Å². The average Bonchev–Trinajstić information content (AvgIpc) is 2.91. The van der Waals surface area contributed by atoms with E-state index in [4.69, 9.17) is 9.47 Å². The van der Waals surface area contributed by atoms with Crippen LogP contribution in [0.4, 0.5) is 5.82 Å². The molecular weight excluding hydrogens is 254 g/mol. The van der Waals surface area contributed by atoms with Gasteiger partial charge in [-0.05, 0) is 19.8 Å². The van der Waals surface area contributed by atoms with Gasteiger partial charge in [-0.25, -0.2) is 9.97 Å². The number of anilines is 1. The molecular formula is C15H25N3O2. The van der Waals surface area contributed by atoms with Crippen molar-refractivity contribution in [3.8, 4) is 0 Å². The van der Waals surface area contributed by atoms with E-state index in [2.05, 4.69) is 29.1 Å². The molecule has 0 spiro atoms. The Morgan fingerprint density at radius 3 is 3.00 bits per heavy atom. The molecule has 0 saturated carbocycles. The molecule has 1 aliphatic heterocycles. The summed E-state index contributed by atoms with van der Waals surface area (Å²) in [6, 6.07) is 1.96. The Hall–Kier alpha value is -1.20. The van der Waals surface area contributed by atoms with Crippen LogP contribution in [0, 0.1) is 6.92 Å². The van der Waals surface area contributed by atoms with E-state index in [1.807, 2.05) is 13.0 Å². The Kier molecular flexibility index (Phi) is 5.73. The van der Waals surface area contributed by atoms with Crippen LogP contribution >= 0.6 is 0 Å². The van der Waals surface area contributed by atoms with Crippen molar-refractivity contribution in [3.05, 3.63) is 17.6 Å². The fourth-order valence-electron chi connectivity index (χ4n) is 2.18. The van der Waals surface area contributed by atoms with E-state index in [0.29, 0.717) is 25.2 Å². The summed E-state index contributed by atoms with van der Waals surface area (Å²) in [5.74, 6) is 2.10. The number of aryl methyl sites for hydroxylation is 1. The maximum atomic E-state index is 5.62. The van der Waals surface area contributed by atoms with E-state index in [0.717, 1.165) is 43.3 Å². The molecule has 1 aromatic heterocycles. The van der Waals surface area contributed by atoms with E-state index in [9.17, 15) is 0 Å². The average molecular weight is 279 g/mol. The standard InChI is InChI=1S/C15H25N3O2/c1-11(2)15-17-12(3)9-14(18-15)16-6-8-19-10-13-5-4-7-20-13/h9,11,13H,4-8,10H2,1-3H3,(H,16,17,18). The molecule has 1 atom stereocenters. The highest BCUT2D eigenvalue weighted by Crippen LogP contribution is 2.14. The fraction of sp³-hybridized carbons (Fsp3) is 0.733. The quantitative estimate of drug-likeness (QED) is 0.777. The minimum absolute atomic E-state index is 0.295. The first-order chi connectivity index (χ1) is 9.65. The lowest BCUT2D eigenvalue weighted by molar-refractivity contribution is 0.0206. The lowest BCUT2D eigenvalue weighted by atomic mass is 10.2. The molecule has 5 nitrogen and oxygen atoms in total. The zero-order valence-corrected chi connectivity index (χ0v) is 12.7. The predicted molar refractivity (Wildman–Crippen MR) is 79.1 cm³/mol. The lowest BCUT2D eigenvalue weighted by Gasteiger charge is -2.12. The van der Waals surface area contributed by atoms with Crippen molar-refractivity contribution in [2.75, 3.05) is 31.7 Å². The summed E-state index contributed by atoms with van der Waals surface area (Å²) < 4.78 is 11.1. The molecule has 5 heteroatoms. The molecule has 1 aliphatic rings. The van der Waals surface area contributed by atoms with Gasteiger partial charge in [0.2, 0.25) is 0 Å². The SMILES string of the molecule is Cc1cc(NCCOCC2CCCO2)nc(C(C)C)n1. The first kappa shape index (κ1) is 15.2. The van der Waals surface area contributed by atoms with Crippen molar-refractivity contribution < 1.29 is 9.47 Å². The molecule has 0 radical (unpaired) electrons. The molecule has 1 fully saturated rings. The third-order valence-corrected chi connectivity index (χ3v) is 3.27. The second-order valence-electron chi connectivity index (χ2n) is 5.54. The summed E-state index contributed by atoms with van der Waals surface area (Å²) in [4.78, 5) is 8.94. The van der Waals surface area contributed by atoms with Crippen LogP contribution in [0.1, 0.15) is 44.1 Å². The largest absolute Gasteiger partial charge is 0.377 e. The molecule has 2 heterocycles. The number of hydrogen-bond donors (Lipinski definition) is 1. The van der Waals surface area contributed by atoms with Crippen LogP contribution in [0.2, 0.25) is 0 Å². The molecule has 0 aliphatic carbocycles. The number of hydrogen-bond acceptors (Lipinski definition) is 5. The smallest absolute Gasteiger partial charge is 0.133 e. The highest BCUT2D eigenvalue weighted by atomic mass is 16.5. The van der Waals surface area contributed by atoms with Crippen LogP contribution in [0.15, 0.2) is 6.07 Å². The fourth-order valence-corrected chi connectivity index (χ4v) is 2.18. The molecule has 0 aromatic carbocycles. The van der Waals surface area contributed by atoms with Crippen molar-refractivity contribution in [1.82, 2.24) is 9.97 Å². The van der Waals surface area contributed by atoms with E-state index in [-0.39, 0.29) is 0 Å². The van der Waals surface area contributed by atoms with Crippen LogP contribution in [0.25, 0.3) is 0 Å². The highest BCUT2D eigenvalue weighted by molar-refractivity contribution is 5.36. The molecule has 1 aromatic rings. The molecule has 1 saturated heterocycles. The molecule has 1 unspecified atom stereocenters. The van der Waals surface area contributed by atoms with Crippen molar-refractivity contribution in [1.29, 1.82) is 0 Å². The van der Waals surface area contributed by atoms with Crippen LogP contribution < -0.4 is 5.32 Å². The third kappa shape index (κ3) is 4.72. The van der Waals surface area contributed by atoms with Gasteiger partial charge in [0.05, 0.1) is 19.3 Å². The summed E-state index contributed by atoms with van der Waals surface area (Å²) >= 11 is 0. The predicted octanol–water partition coefficient (Wildman–Crippen LogP) is 2.52. The maximum Gasteiger partial charge on any atom is 0.133 e. The first-order valence-electron chi connectivity index (χ1n) is 7.44. The number of nitrogens with one attached hydrogen (secondary N) is 1. The summed E-state index contributed by atoms with van der Waals surface area (Å²) in [6.07, 6.45) is 2.57. The van der Waals surface area contributed by atoms with Crippen molar-refractivity contribution in [2.45, 2.75) is 45.6 Å². The molecule has 0 amide bonds. The van der Waals surface area contributed by atoms with Gasteiger partial charge in [0, 0.05) is 30.8 Å². The van der Waals surface area contributed by atoms with E-state index < -0.39 is 0 Å². The van der Waals surface area contributed by atoms with Gasteiger partial charge >= 0.3 is 0 Å². The van der Waals surface area contributed by atoms with E-state index in [1.165, 1.54) is 0 Å². The third-order valence-electron chi connectivity index (χ3n) is 3.27. The van der Waals surface area contributed by atoms with Crippen molar-refractivity contribution >= 4 is 5.82 Å². The van der Waals surface area contributed by atoms with Gasteiger partial charge in [-0.3, -0.25) is 0 Å². The molecule has 2 rings (SSSR count). The van der Waals surface area contributed by atoms with Crippen molar-refractivity contribution in [2.24, 2.45) is 0 Å². The first-order valence-corrected chi connectivity index (χ1v) is 7.44.